The number of amides is 2. The average molecular weight is 579 g/mol. The van der Waals surface area contributed by atoms with E-state index in [1.165, 1.54) is 12.3 Å². The molecule has 2 N–H and O–H groups in total. The molecule has 0 saturated carbocycles. The van der Waals surface area contributed by atoms with E-state index in [0.29, 0.717) is 50.5 Å². The zero-order chi connectivity index (χ0) is 25.2. The van der Waals surface area contributed by atoms with Crippen LogP contribution >= 0.6 is 39.1 Å². The van der Waals surface area contributed by atoms with E-state index in [9.17, 15) is 9.59 Å². The molecule has 0 aliphatic carbocycles. The maximum Gasteiger partial charge on any atom is 0.249 e. The minimum Gasteiger partial charge on any atom is -0.490 e. The highest BCUT2D eigenvalue weighted by atomic mass is 79.9. The van der Waals surface area contributed by atoms with Gasteiger partial charge in [-0.05, 0) is 64.3 Å². The molecule has 0 unspecified atom stereocenters. The number of ether oxygens (including phenoxy) is 2. The molecule has 35 heavy (non-hydrogen) atoms. The van der Waals surface area contributed by atoms with Crippen LogP contribution in [0.4, 0.5) is 5.69 Å². The predicted molar refractivity (Wildman–Crippen MR) is 142 cm³/mol. The number of hydrazone groups is 1. The van der Waals surface area contributed by atoms with Gasteiger partial charge in [-0.15, -0.1) is 0 Å². The van der Waals surface area contributed by atoms with Gasteiger partial charge in [-0.2, -0.15) is 5.10 Å². The summed E-state index contributed by atoms with van der Waals surface area (Å²) in [6.07, 6.45) is 1.03. The predicted octanol–water partition coefficient (Wildman–Crippen LogP) is 6.21. The van der Waals surface area contributed by atoms with E-state index in [4.69, 9.17) is 32.7 Å². The normalized spacial score (nSPS) is 10.7. The molecule has 0 heterocycles. The van der Waals surface area contributed by atoms with E-state index in [1.807, 2.05) is 37.3 Å². The minimum absolute atomic E-state index is 0.299. The van der Waals surface area contributed by atoms with Crippen LogP contribution in [0.1, 0.15) is 24.5 Å². The molecule has 0 aliphatic rings. The van der Waals surface area contributed by atoms with Gasteiger partial charge in [-0.25, -0.2) is 5.43 Å². The molecule has 10 heteroatoms. The van der Waals surface area contributed by atoms with Gasteiger partial charge in [0, 0.05) is 5.69 Å². The number of carbonyl (C=O) groups excluding carboxylic acids is 2. The first kappa shape index (κ1) is 26.5. The highest BCUT2D eigenvalue weighted by Gasteiger charge is 2.13. The lowest BCUT2D eigenvalue weighted by atomic mass is 10.2. The van der Waals surface area contributed by atoms with Crippen molar-refractivity contribution in [2.75, 3.05) is 11.9 Å². The number of nitrogens with zero attached hydrogens (tertiary/aromatic N) is 1. The summed E-state index contributed by atoms with van der Waals surface area (Å²) in [6, 6.07) is 18.0. The van der Waals surface area contributed by atoms with Gasteiger partial charge in [0.05, 0.1) is 27.3 Å². The van der Waals surface area contributed by atoms with Crippen molar-refractivity contribution in [3.8, 4) is 11.5 Å². The van der Waals surface area contributed by atoms with Gasteiger partial charge < -0.3 is 14.8 Å². The molecule has 3 aromatic carbocycles. The van der Waals surface area contributed by atoms with Crippen molar-refractivity contribution in [3.05, 3.63) is 86.3 Å². The molecule has 0 fully saturated rings. The zero-order valence-electron chi connectivity index (χ0n) is 18.7. The van der Waals surface area contributed by atoms with Crippen molar-refractivity contribution >= 4 is 62.8 Å². The van der Waals surface area contributed by atoms with Crippen LogP contribution in [0.2, 0.25) is 10.0 Å². The summed E-state index contributed by atoms with van der Waals surface area (Å²) in [5.41, 5.74) is 4.46. The van der Waals surface area contributed by atoms with Crippen LogP contribution in [0, 0.1) is 0 Å². The largest absolute Gasteiger partial charge is 0.490 e. The molecule has 0 atom stereocenters. The van der Waals surface area contributed by atoms with Crippen LogP contribution in [-0.2, 0) is 16.2 Å². The number of halogens is 3. The number of hydrogen-bond acceptors (Lipinski definition) is 5. The summed E-state index contributed by atoms with van der Waals surface area (Å²) in [6.45, 7) is 2.70. The van der Waals surface area contributed by atoms with Crippen LogP contribution in [0.3, 0.4) is 0 Å². The Morgan fingerprint density at radius 1 is 1.00 bits per heavy atom. The van der Waals surface area contributed by atoms with E-state index >= 15 is 0 Å². The van der Waals surface area contributed by atoms with Gasteiger partial charge in [-0.1, -0.05) is 53.5 Å². The topological polar surface area (TPSA) is 89.0 Å². The molecule has 2 amide bonds. The molecule has 7 nitrogen and oxygen atoms in total. The van der Waals surface area contributed by atoms with Crippen molar-refractivity contribution in [1.29, 1.82) is 0 Å². The second kappa shape index (κ2) is 13.1. The lowest BCUT2D eigenvalue weighted by Crippen LogP contribution is -2.24. The fourth-order valence-corrected chi connectivity index (χ4v) is 3.81. The summed E-state index contributed by atoms with van der Waals surface area (Å²) >= 11 is 15.3. The standard InChI is InChI=1S/C25H22BrCl2N3O4/c1-2-34-22-11-17(10-19(26)25(22)35-15-16-6-4-3-5-7-16)14-29-31-24(33)13-23(32)30-18-8-9-20(27)21(28)12-18/h3-12,14H,2,13,15H2,1H3,(H,30,32)(H,31,33). The third-order valence-electron chi connectivity index (χ3n) is 4.49. The van der Waals surface area contributed by atoms with Crippen molar-refractivity contribution in [2.24, 2.45) is 5.10 Å². The molecule has 0 radical (unpaired) electrons. The molecule has 0 saturated heterocycles. The Hall–Kier alpha value is -3.07. The molecule has 3 aromatic rings. The molecule has 0 spiro atoms. The number of benzene rings is 3. The average Bonchev–Trinajstić information content (AvgIpc) is 2.82. The Morgan fingerprint density at radius 2 is 1.77 bits per heavy atom. The third-order valence-corrected chi connectivity index (χ3v) is 5.81. The van der Waals surface area contributed by atoms with Gasteiger partial charge in [0.2, 0.25) is 11.8 Å². The quantitative estimate of drug-likeness (QED) is 0.170. The summed E-state index contributed by atoms with van der Waals surface area (Å²) < 4.78 is 12.4. The fraction of sp³-hybridized carbons (Fsp3) is 0.160. The van der Waals surface area contributed by atoms with Crippen molar-refractivity contribution in [1.82, 2.24) is 5.43 Å². The van der Waals surface area contributed by atoms with Gasteiger partial charge in [0.25, 0.3) is 0 Å². The first-order valence-corrected chi connectivity index (χ1v) is 12.1. The summed E-state index contributed by atoms with van der Waals surface area (Å²) in [7, 11) is 0. The molecule has 182 valence electrons. The van der Waals surface area contributed by atoms with Crippen LogP contribution in [0.15, 0.2) is 70.2 Å². The van der Waals surface area contributed by atoms with E-state index in [0.717, 1.165) is 5.56 Å². The minimum atomic E-state index is -0.578. The Kier molecular flexibility index (Phi) is 9.96. The maximum atomic E-state index is 12.1. The Balaban J connectivity index is 1.58. The van der Waals surface area contributed by atoms with Gasteiger partial charge in [0.1, 0.15) is 13.0 Å². The molecule has 0 aliphatic heterocycles. The number of nitrogens with one attached hydrogen (secondary N) is 2. The lowest BCUT2D eigenvalue weighted by Gasteiger charge is -2.14. The first-order chi connectivity index (χ1) is 16.9. The smallest absolute Gasteiger partial charge is 0.249 e. The zero-order valence-corrected chi connectivity index (χ0v) is 21.8. The molecule has 3 rings (SSSR count). The highest BCUT2D eigenvalue weighted by molar-refractivity contribution is 9.10. The number of rotatable bonds is 10. The van der Waals surface area contributed by atoms with Crippen molar-refractivity contribution in [3.63, 3.8) is 0 Å². The number of hydrogen-bond donors (Lipinski definition) is 2. The van der Waals surface area contributed by atoms with Gasteiger partial charge >= 0.3 is 0 Å². The van der Waals surface area contributed by atoms with Gasteiger partial charge in [-0.3, -0.25) is 9.59 Å². The molecular weight excluding hydrogens is 557 g/mol. The summed E-state index contributed by atoms with van der Waals surface area (Å²) in [5, 5.41) is 7.18. The summed E-state index contributed by atoms with van der Waals surface area (Å²) in [4.78, 5) is 24.2. The van der Waals surface area contributed by atoms with Crippen LogP contribution in [0.5, 0.6) is 11.5 Å². The number of carbonyl (C=O) groups is 2. The van der Waals surface area contributed by atoms with Crippen LogP contribution in [-0.4, -0.2) is 24.6 Å². The van der Waals surface area contributed by atoms with Crippen molar-refractivity contribution < 1.29 is 19.1 Å². The third kappa shape index (κ3) is 8.28. The molecule has 0 aromatic heterocycles. The van der Waals surface area contributed by atoms with Crippen molar-refractivity contribution in [2.45, 2.75) is 20.0 Å². The second-order valence-electron chi connectivity index (χ2n) is 7.18. The first-order valence-electron chi connectivity index (χ1n) is 10.6. The summed E-state index contributed by atoms with van der Waals surface area (Å²) in [5.74, 6) is 0.00514. The van der Waals surface area contributed by atoms with E-state index < -0.39 is 18.2 Å². The fourth-order valence-electron chi connectivity index (χ4n) is 2.94. The van der Waals surface area contributed by atoms with E-state index in [2.05, 4.69) is 31.8 Å². The van der Waals surface area contributed by atoms with Gasteiger partial charge in [0.15, 0.2) is 11.5 Å². The maximum absolute atomic E-state index is 12.1. The van der Waals surface area contributed by atoms with Crippen LogP contribution in [0.25, 0.3) is 0 Å². The second-order valence-corrected chi connectivity index (χ2v) is 8.85. The molecule has 0 bridgehead atoms. The van der Waals surface area contributed by atoms with Crippen LogP contribution < -0.4 is 20.2 Å². The SMILES string of the molecule is CCOc1cc(C=NNC(=O)CC(=O)Nc2ccc(Cl)c(Cl)c2)cc(Br)c1OCc1ccccc1. The Bertz CT molecular complexity index is 1220. The van der Waals surface area contributed by atoms with E-state index in [-0.39, 0.29) is 0 Å². The Morgan fingerprint density at radius 3 is 2.49 bits per heavy atom. The highest BCUT2D eigenvalue weighted by Crippen LogP contribution is 2.37. The Labute approximate surface area is 221 Å². The number of anilines is 1. The van der Waals surface area contributed by atoms with E-state index in [1.54, 1.807) is 24.3 Å². The lowest BCUT2D eigenvalue weighted by molar-refractivity contribution is -0.126. The molecular formula is C25H22BrCl2N3O4. The monoisotopic (exact) mass is 577 g/mol.